The van der Waals surface area contributed by atoms with Crippen molar-refractivity contribution in [3.8, 4) is 0 Å². The van der Waals surface area contributed by atoms with Crippen LogP contribution in [-0.4, -0.2) is 90.2 Å². The molecule has 0 aromatic carbocycles. The molecule has 3 N–H and O–H groups in total. The van der Waals surface area contributed by atoms with Gasteiger partial charge >= 0.3 is 0 Å². The normalized spacial score (nSPS) is 24.7. The first kappa shape index (κ1) is 24.7. The average molecular weight is 532 g/mol. The van der Waals surface area contributed by atoms with Crippen LogP contribution in [0.2, 0.25) is 0 Å². The minimum absolute atomic E-state index is 0.00732. The zero-order valence-corrected chi connectivity index (χ0v) is 22.5. The molecule has 4 fully saturated rings. The number of nitrogens with zero attached hydrogens (tertiary/aromatic N) is 7. The van der Waals surface area contributed by atoms with E-state index in [1.165, 1.54) is 12.8 Å². The summed E-state index contributed by atoms with van der Waals surface area (Å²) in [4.78, 5) is 36.1. The van der Waals surface area contributed by atoms with Gasteiger partial charge in [0.2, 0.25) is 5.95 Å². The van der Waals surface area contributed by atoms with Crippen LogP contribution in [-0.2, 0) is 0 Å². The van der Waals surface area contributed by atoms with Crippen molar-refractivity contribution in [3.05, 3.63) is 30.4 Å². The fourth-order valence-corrected chi connectivity index (χ4v) is 6.92. The van der Waals surface area contributed by atoms with Gasteiger partial charge in [-0.25, -0.2) is 9.97 Å². The number of carbonyl (C=O) groups is 1. The lowest BCUT2D eigenvalue weighted by molar-refractivity contribution is -0.0960. The van der Waals surface area contributed by atoms with Crippen LogP contribution in [0.25, 0.3) is 11.2 Å². The van der Waals surface area contributed by atoms with Gasteiger partial charge in [-0.15, -0.1) is 0 Å². The third-order valence-corrected chi connectivity index (χ3v) is 9.03. The third kappa shape index (κ3) is 4.61. The van der Waals surface area contributed by atoms with Crippen LogP contribution >= 0.6 is 0 Å². The van der Waals surface area contributed by atoms with Crippen LogP contribution in [0, 0.1) is 5.41 Å². The first-order valence-corrected chi connectivity index (χ1v) is 14.4. The number of rotatable bonds is 7. The molecule has 206 valence electrons. The Kier molecular flexibility index (Phi) is 6.15. The van der Waals surface area contributed by atoms with E-state index in [0.717, 1.165) is 69.7 Å². The first-order valence-electron chi connectivity index (χ1n) is 14.4. The minimum atomic E-state index is -0.276. The molecular weight excluding hydrogens is 494 g/mol. The van der Waals surface area contributed by atoms with E-state index >= 15 is 0 Å². The third-order valence-electron chi connectivity index (χ3n) is 9.03. The molecule has 2 atom stereocenters. The van der Waals surface area contributed by atoms with Gasteiger partial charge in [0.05, 0.1) is 24.3 Å². The fourth-order valence-electron chi connectivity index (χ4n) is 6.92. The van der Waals surface area contributed by atoms with Crippen LogP contribution in [0.4, 0.5) is 17.5 Å². The fraction of sp³-hybridized carbons (Fsp3) is 0.607. The number of hydrogen-bond donors (Lipinski definition) is 3. The number of hydrogen-bond acceptors (Lipinski definition) is 9. The molecule has 39 heavy (non-hydrogen) atoms. The van der Waals surface area contributed by atoms with Crippen molar-refractivity contribution in [2.24, 2.45) is 5.41 Å². The van der Waals surface area contributed by atoms with Gasteiger partial charge in [-0.1, -0.05) is 19.8 Å². The molecule has 5 heterocycles. The molecule has 3 aromatic rings. The van der Waals surface area contributed by atoms with Crippen molar-refractivity contribution >= 4 is 34.5 Å². The van der Waals surface area contributed by atoms with Crippen LogP contribution in [0.3, 0.4) is 0 Å². The Bertz CT molecular complexity index is 1350. The number of pyridine rings is 1. The highest BCUT2D eigenvalue weighted by molar-refractivity contribution is 5.93. The van der Waals surface area contributed by atoms with Crippen molar-refractivity contribution in [3.63, 3.8) is 0 Å². The summed E-state index contributed by atoms with van der Waals surface area (Å²) in [6.45, 7) is 7.07. The number of carbonyl (C=O) groups excluding carboxylic acids is 1. The first-order chi connectivity index (χ1) is 19.0. The van der Waals surface area contributed by atoms with E-state index < -0.39 is 0 Å². The standard InChI is InChI=1S/C28H37N9O2/c1-2-35-13-28(14-35)15-36(16-28)26(39)22-10-8-19(12-29-22)31-24-23-25(37(17-30-23)20-5-3-4-6-20)34-27(33-24)32-18-7-9-21(38)11-18/h8,10,12,17-18,20-21,38H,2-7,9,11,13-16H2,1H3,(H2,31,32,33,34). The SMILES string of the molecule is CCN1CC2(C1)CN(C(=O)c1ccc(Nc3nc(NC4CCC(O)C4)nc4c3ncn4C3CCCC3)cn1)C2. The van der Waals surface area contributed by atoms with Crippen LogP contribution < -0.4 is 10.6 Å². The Morgan fingerprint density at radius 1 is 1.08 bits per heavy atom. The molecule has 4 aliphatic rings. The second-order valence-electron chi connectivity index (χ2n) is 12.0. The number of aliphatic hydroxyl groups excluding tert-OH is 1. The maximum atomic E-state index is 13.0. The second kappa shape index (κ2) is 9.71. The molecule has 2 saturated heterocycles. The molecule has 11 nitrogen and oxygen atoms in total. The lowest BCUT2D eigenvalue weighted by Crippen LogP contribution is -2.72. The Hall–Kier alpha value is -3.31. The number of aromatic nitrogens is 5. The molecule has 0 bridgehead atoms. The number of anilines is 3. The topological polar surface area (TPSA) is 124 Å². The van der Waals surface area contributed by atoms with E-state index in [4.69, 9.17) is 15.0 Å². The highest BCUT2D eigenvalue weighted by Crippen LogP contribution is 2.40. The summed E-state index contributed by atoms with van der Waals surface area (Å²) in [5.41, 5.74) is 3.02. The molecule has 2 aliphatic heterocycles. The van der Waals surface area contributed by atoms with Crippen LogP contribution in [0.5, 0.6) is 0 Å². The van der Waals surface area contributed by atoms with E-state index in [1.54, 1.807) is 12.3 Å². The lowest BCUT2D eigenvalue weighted by atomic mass is 9.72. The van der Waals surface area contributed by atoms with Gasteiger partial charge in [0.1, 0.15) is 5.69 Å². The Morgan fingerprint density at radius 3 is 2.59 bits per heavy atom. The van der Waals surface area contributed by atoms with Gasteiger partial charge in [0.25, 0.3) is 5.91 Å². The zero-order chi connectivity index (χ0) is 26.6. The monoisotopic (exact) mass is 531 g/mol. The molecule has 2 aliphatic carbocycles. The van der Waals surface area contributed by atoms with Gasteiger partial charge in [0.15, 0.2) is 17.0 Å². The van der Waals surface area contributed by atoms with E-state index in [0.29, 0.717) is 40.9 Å². The van der Waals surface area contributed by atoms with Crippen LogP contribution in [0.15, 0.2) is 24.7 Å². The summed E-state index contributed by atoms with van der Waals surface area (Å²) < 4.78 is 2.19. The summed E-state index contributed by atoms with van der Waals surface area (Å²) in [7, 11) is 0. The second-order valence-corrected chi connectivity index (χ2v) is 12.0. The van der Waals surface area contributed by atoms with Gasteiger partial charge in [-0.3, -0.25) is 4.79 Å². The zero-order valence-electron chi connectivity index (χ0n) is 22.5. The Labute approximate surface area is 228 Å². The maximum absolute atomic E-state index is 13.0. The van der Waals surface area contributed by atoms with E-state index in [-0.39, 0.29) is 18.1 Å². The molecule has 3 aromatic heterocycles. The van der Waals surface area contributed by atoms with Gasteiger partial charge in [0, 0.05) is 43.7 Å². The molecule has 1 amide bonds. The average Bonchev–Trinajstić information content (AvgIpc) is 3.64. The number of aliphatic hydroxyl groups is 1. The largest absolute Gasteiger partial charge is 0.393 e. The van der Waals surface area contributed by atoms with Crippen LogP contribution in [0.1, 0.15) is 68.4 Å². The minimum Gasteiger partial charge on any atom is -0.393 e. The lowest BCUT2D eigenvalue weighted by Gasteiger charge is -2.60. The molecule has 0 radical (unpaired) electrons. The van der Waals surface area contributed by atoms with Crippen molar-refractivity contribution < 1.29 is 9.90 Å². The number of imidazole rings is 1. The number of nitrogens with one attached hydrogen (secondary N) is 2. The highest BCUT2D eigenvalue weighted by Gasteiger charge is 2.52. The summed E-state index contributed by atoms with van der Waals surface area (Å²) in [6.07, 6.45) is 10.4. The summed E-state index contributed by atoms with van der Waals surface area (Å²) in [5, 5.41) is 16.8. The van der Waals surface area contributed by atoms with E-state index in [2.05, 4.69) is 32.0 Å². The quantitative estimate of drug-likeness (QED) is 0.422. The Morgan fingerprint density at radius 2 is 1.90 bits per heavy atom. The van der Waals surface area contributed by atoms with E-state index in [1.807, 2.05) is 17.3 Å². The van der Waals surface area contributed by atoms with Crippen molar-refractivity contribution in [2.75, 3.05) is 43.4 Å². The van der Waals surface area contributed by atoms with Crippen molar-refractivity contribution in [1.82, 2.24) is 34.3 Å². The van der Waals surface area contributed by atoms with Gasteiger partial charge in [-0.05, 0) is 50.8 Å². The predicted molar refractivity (Wildman–Crippen MR) is 148 cm³/mol. The summed E-state index contributed by atoms with van der Waals surface area (Å²) in [6, 6.07) is 4.20. The highest BCUT2D eigenvalue weighted by atomic mass is 16.3. The summed E-state index contributed by atoms with van der Waals surface area (Å²) in [5.74, 6) is 1.13. The number of amides is 1. The maximum Gasteiger partial charge on any atom is 0.272 e. The summed E-state index contributed by atoms with van der Waals surface area (Å²) >= 11 is 0. The molecule has 7 rings (SSSR count). The molecule has 11 heteroatoms. The van der Waals surface area contributed by atoms with Crippen molar-refractivity contribution in [1.29, 1.82) is 0 Å². The predicted octanol–water partition coefficient (Wildman–Crippen LogP) is 3.18. The Balaban J connectivity index is 1.10. The van der Waals surface area contributed by atoms with E-state index in [9.17, 15) is 9.90 Å². The molecule has 2 saturated carbocycles. The van der Waals surface area contributed by atoms with Crippen molar-refractivity contribution in [2.45, 2.75) is 70.1 Å². The number of fused-ring (bicyclic) bond motifs is 1. The molecule has 2 unspecified atom stereocenters. The number of likely N-dealkylation sites (tertiary alicyclic amines) is 2. The molecular formula is C28H37N9O2. The van der Waals surface area contributed by atoms with Gasteiger partial charge < -0.3 is 30.1 Å². The van der Waals surface area contributed by atoms with Gasteiger partial charge in [-0.2, -0.15) is 9.97 Å². The molecule has 1 spiro atoms. The smallest absolute Gasteiger partial charge is 0.272 e.